The molecule has 12 heavy (non-hydrogen) atoms. The maximum Gasteiger partial charge on any atom is 0.279 e. The molecule has 0 fully saturated rings. The SMILES string of the molecule is CC(C)n1nncc1S(=O)(=O)Cl. The quantitative estimate of drug-likeness (QED) is 0.676. The van der Waals surface area contributed by atoms with Crippen LogP contribution in [0.5, 0.6) is 0 Å². The molecule has 7 heteroatoms. The standard InChI is InChI=1S/C5H8ClN3O2S/c1-4(2)9-5(3-7-8-9)12(6,10)11/h3-4H,1-2H3. The lowest BCUT2D eigenvalue weighted by Gasteiger charge is -2.05. The van der Waals surface area contributed by atoms with Gasteiger partial charge in [-0.25, -0.2) is 13.1 Å². The second-order valence-electron chi connectivity index (χ2n) is 2.55. The van der Waals surface area contributed by atoms with Crippen molar-refractivity contribution in [3.63, 3.8) is 0 Å². The lowest BCUT2D eigenvalue weighted by molar-refractivity contribution is 0.470. The molecule has 0 bridgehead atoms. The van der Waals surface area contributed by atoms with Crippen molar-refractivity contribution in [2.75, 3.05) is 0 Å². The molecule has 0 aromatic carbocycles. The van der Waals surface area contributed by atoms with Gasteiger partial charge >= 0.3 is 0 Å². The van der Waals surface area contributed by atoms with Crippen LogP contribution in [0.4, 0.5) is 0 Å². The summed E-state index contributed by atoms with van der Waals surface area (Å²) in [5.41, 5.74) is 0. The molecule has 0 saturated carbocycles. The van der Waals surface area contributed by atoms with E-state index in [0.717, 1.165) is 6.20 Å². The van der Waals surface area contributed by atoms with Crippen LogP contribution in [-0.2, 0) is 9.05 Å². The molecule has 0 spiro atoms. The highest BCUT2D eigenvalue weighted by atomic mass is 35.7. The highest BCUT2D eigenvalue weighted by Crippen LogP contribution is 2.16. The van der Waals surface area contributed by atoms with Crippen molar-refractivity contribution in [2.24, 2.45) is 0 Å². The Kier molecular flexibility index (Phi) is 2.39. The van der Waals surface area contributed by atoms with Crippen LogP contribution in [0, 0.1) is 0 Å². The highest BCUT2D eigenvalue weighted by Gasteiger charge is 2.18. The summed E-state index contributed by atoms with van der Waals surface area (Å²) in [7, 11) is 1.40. The van der Waals surface area contributed by atoms with Gasteiger partial charge < -0.3 is 0 Å². The second-order valence-corrected chi connectivity index (χ2v) is 5.06. The number of hydrogen-bond acceptors (Lipinski definition) is 4. The molecule has 0 unspecified atom stereocenters. The lowest BCUT2D eigenvalue weighted by Crippen LogP contribution is -2.09. The molecule has 0 N–H and O–H groups in total. The Morgan fingerprint density at radius 3 is 2.50 bits per heavy atom. The Balaban J connectivity index is 3.26. The summed E-state index contributed by atoms with van der Waals surface area (Å²) in [6, 6.07) is -0.0731. The number of hydrogen-bond donors (Lipinski definition) is 0. The van der Waals surface area contributed by atoms with E-state index in [-0.39, 0.29) is 11.1 Å². The van der Waals surface area contributed by atoms with Gasteiger partial charge in [0.15, 0.2) is 5.03 Å². The van der Waals surface area contributed by atoms with Crippen LogP contribution in [0.3, 0.4) is 0 Å². The van der Waals surface area contributed by atoms with Crippen LogP contribution in [-0.4, -0.2) is 23.4 Å². The van der Waals surface area contributed by atoms with Crippen molar-refractivity contribution in [1.82, 2.24) is 15.0 Å². The molecule has 0 aliphatic carbocycles. The first kappa shape index (κ1) is 9.47. The normalized spacial score (nSPS) is 12.3. The zero-order valence-corrected chi connectivity index (χ0v) is 8.17. The van der Waals surface area contributed by atoms with Gasteiger partial charge in [0, 0.05) is 16.7 Å². The van der Waals surface area contributed by atoms with Crippen LogP contribution in [0.15, 0.2) is 11.2 Å². The van der Waals surface area contributed by atoms with E-state index in [1.54, 1.807) is 13.8 Å². The Bertz CT molecular complexity index is 370. The summed E-state index contributed by atoms with van der Waals surface area (Å²) in [5.74, 6) is 0. The molecule has 1 aromatic heterocycles. The Labute approximate surface area is 74.8 Å². The summed E-state index contributed by atoms with van der Waals surface area (Å²) in [6.07, 6.45) is 1.13. The van der Waals surface area contributed by atoms with Gasteiger partial charge in [0.2, 0.25) is 0 Å². The smallest absolute Gasteiger partial charge is 0.230 e. The van der Waals surface area contributed by atoms with Crippen LogP contribution in [0.2, 0.25) is 0 Å². The number of nitrogens with zero attached hydrogens (tertiary/aromatic N) is 3. The molecule has 0 amide bonds. The van der Waals surface area contributed by atoms with E-state index in [4.69, 9.17) is 10.7 Å². The monoisotopic (exact) mass is 209 g/mol. The molecule has 1 aromatic rings. The maximum absolute atomic E-state index is 10.9. The number of halogens is 1. The van der Waals surface area contributed by atoms with E-state index in [0.29, 0.717) is 0 Å². The van der Waals surface area contributed by atoms with Gasteiger partial charge in [-0.3, -0.25) is 0 Å². The fraction of sp³-hybridized carbons (Fsp3) is 0.600. The van der Waals surface area contributed by atoms with E-state index in [2.05, 4.69) is 10.3 Å². The van der Waals surface area contributed by atoms with Gasteiger partial charge in [-0.1, -0.05) is 5.21 Å². The largest absolute Gasteiger partial charge is 0.279 e. The number of aromatic nitrogens is 3. The first-order valence-corrected chi connectivity index (χ1v) is 5.58. The van der Waals surface area contributed by atoms with Crippen LogP contribution < -0.4 is 0 Å². The molecular weight excluding hydrogens is 202 g/mol. The van der Waals surface area contributed by atoms with Crippen molar-refractivity contribution >= 4 is 19.7 Å². The zero-order chi connectivity index (χ0) is 9.35. The summed E-state index contributed by atoms with van der Waals surface area (Å²) in [5, 5.41) is 6.97. The van der Waals surface area contributed by atoms with Gasteiger partial charge in [0.25, 0.3) is 9.05 Å². The van der Waals surface area contributed by atoms with Gasteiger partial charge in [0.1, 0.15) is 0 Å². The average Bonchev–Trinajstić information content (AvgIpc) is 2.30. The van der Waals surface area contributed by atoms with E-state index in [1.165, 1.54) is 4.68 Å². The molecule has 0 atom stereocenters. The molecule has 0 aliphatic heterocycles. The van der Waals surface area contributed by atoms with Crippen molar-refractivity contribution in [3.05, 3.63) is 6.20 Å². The van der Waals surface area contributed by atoms with Crippen LogP contribution >= 0.6 is 10.7 Å². The molecule has 0 radical (unpaired) electrons. The summed E-state index contributed by atoms with van der Waals surface area (Å²) in [6.45, 7) is 3.58. The van der Waals surface area contributed by atoms with E-state index < -0.39 is 9.05 Å². The minimum absolute atomic E-state index is 0.0702. The summed E-state index contributed by atoms with van der Waals surface area (Å²) >= 11 is 0. The zero-order valence-electron chi connectivity index (χ0n) is 6.60. The van der Waals surface area contributed by atoms with Gasteiger partial charge in [-0.15, -0.1) is 5.10 Å². The average molecular weight is 210 g/mol. The third-order valence-electron chi connectivity index (χ3n) is 1.28. The van der Waals surface area contributed by atoms with Crippen molar-refractivity contribution in [3.8, 4) is 0 Å². The van der Waals surface area contributed by atoms with Gasteiger partial charge in [-0.2, -0.15) is 0 Å². The third-order valence-corrected chi connectivity index (χ3v) is 2.55. The molecule has 0 saturated heterocycles. The molecule has 5 nitrogen and oxygen atoms in total. The van der Waals surface area contributed by atoms with Crippen molar-refractivity contribution < 1.29 is 8.42 Å². The molecule has 1 heterocycles. The van der Waals surface area contributed by atoms with Crippen molar-refractivity contribution in [1.29, 1.82) is 0 Å². The van der Waals surface area contributed by atoms with E-state index in [9.17, 15) is 8.42 Å². The summed E-state index contributed by atoms with van der Waals surface area (Å²) < 4.78 is 23.0. The van der Waals surface area contributed by atoms with E-state index >= 15 is 0 Å². The van der Waals surface area contributed by atoms with E-state index in [1.807, 2.05) is 0 Å². The lowest BCUT2D eigenvalue weighted by atomic mass is 10.4. The predicted octanol–water partition coefficient (Wildman–Crippen LogP) is 0.786. The topological polar surface area (TPSA) is 64.8 Å². The Morgan fingerprint density at radius 2 is 2.17 bits per heavy atom. The third kappa shape index (κ3) is 1.75. The fourth-order valence-corrected chi connectivity index (χ4v) is 1.74. The van der Waals surface area contributed by atoms with Crippen LogP contribution in [0.25, 0.3) is 0 Å². The van der Waals surface area contributed by atoms with Crippen molar-refractivity contribution in [2.45, 2.75) is 24.9 Å². The van der Waals surface area contributed by atoms with Crippen LogP contribution in [0.1, 0.15) is 19.9 Å². The molecule has 1 rings (SSSR count). The fourth-order valence-electron chi connectivity index (χ4n) is 0.767. The Hall–Kier alpha value is -0.620. The first-order chi connectivity index (χ1) is 5.43. The molecular formula is C5H8ClN3O2S. The first-order valence-electron chi connectivity index (χ1n) is 3.28. The van der Waals surface area contributed by atoms with Gasteiger partial charge in [0.05, 0.1) is 6.20 Å². The highest BCUT2D eigenvalue weighted by molar-refractivity contribution is 8.13. The minimum Gasteiger partial charge on any atom is -0.230 e. The summed E-state index contributed by atoms with van der Waals surface area (Å²) in [4.78, 5) is 0. The second kappa shape index (κ2) is 3.02. The number of rotatable bonds is 2. The molecule has 0 aliphatic rings. The Morgan fingerprint density at radius 1 is 1.58 bits per heavy atom. The predicted molar refractivity (Wildman–Crippen MR) is 43.4 cm³/mol. The molecule has 68 valence electrons. The minimum atomic E-state index is -3.72. The maximum atomic E-state index is 10.9. The van der Waals surface area contributed by atoms with Gasteiger partial charge in [-0.05, 0) is 13.8 Å².